The predicted molar refractivity (Wildman–Crippen MR) is 73.8 cm³/mol. The van der Waals surface area contributed by atoms with Crippen LogP contribution in [0.1, 0.15) is 0 Å². The van der Waals surface area contributed by atoms with Gasteiger partial charge in [0.1, 0.15) is 0 Å². The average Bonchev–Trinajstić information content (AvgIpc) is 2.43. The molecule has 3 aromatic rings. The molecule has 0 amide bonds. The molecule has 92 valence electrons. The van der Waals surface area contributed by atoms with Crippen LogP contribution >= 0.6 is 15.9 Å². The lowest BCUT2D eigenvalue weighted by atomic mass is 10.3. The highest BCUT2D eigenvalue weighted by Crippen LogP contribution is 2.44. The first-order valence-electron chi connectivity index (χ1n) is 5.72. The lowest BCUT2D eigenvalue weighted by Gasteiger charge is -2.18. The van der Waals surface area contributed by atoms with E-state index >= 15 is 0 Å². The van der Waals surface area contributed by atoms with E-state index in [1.54, 1.807) is 0 Å². The number of hydrogen-bond donors (Lipinski definition) is 0. The standard InChI is InChI=1S/C14H7BrN2O2/c15-8-5-6-11-12(7-8)19-14-13(18-11)16-9-3-1-2-4-10(9)17-14/h1-7H. The van der Waals surface area contributed by atoms with Crippen molar-refractivity contribution < 1.29 is 9.47 Å². The van der Waals surface area contributed by atoms with Crippen molar-refractivity contribution in [3.63, 3.8) is 0 Å². The van der Waals surface area contributed by atoms with E-state index in [0.29, 0.717) is 23.3 Å². The molecule has 2 aromatic carbocycles. The Hall–Kier alpha value is -2.14. The van der Waals surface area contributed by atoms with Crippen molar-refractivity contribution >= 4 is 27.0 Å². The van der Waals surface area contributed by atoms with Gasteiger partial charge < -0.3 is 9.47 Å². The summed E-state index contributed by atoms with van der Waals surface area (Å²) in [5.74, 6) is 2.06. The highest BCUT2D eigenvalue weighted by Gasteiger charge is 2.22. The number of rotatable bonds is 0. The number of hydrogen-bond acceptors (Lipinski definition) is 4. The lowest BCUT2D eigenvalue weighted by Crippen LogP contribution is -2.03. The zero-order valence-electron chi connectivity index (χ0n) is 9.63. The summed E-state index contributed by atoms with van der Waals surface area (Å²) in [5.41, 5.74) is 1.56. The fraction of sp³-hybridized carbons (Fsp3) is 0. The van der Waals surface area contributed by atoms with Crippen molar-refractivity contribution in [2.24, 2.45) is 0 Å². The second-order valence-corrected chi connectivity index (χ2v) is 5.03. The Morgan fingerprint density at radius 2 is 1.42 bits per heavy atom. The van der Waals surface area contributed by atoms with Gasteiger partial charge in [0.05, 0.1) is 11.0 Å². The van der Waals surface area contributed by atoms with Crippen molar-refractivity contribution in [2.45, 2.75) is 0 Å². The molecule has 1 aliphatic heterocycles. The predicted octanol–water partition coefficient (Wildman–Crippen LogP) is 4.29. The minimum atomic E-state index is 0.393. The largest absolute Gasteiger partial charge is 0.431 e. The Labute approximate surface area is 117 Å². The monoisotopic (exact) mass is 314 g/mol. The van der Waals surface area contributed by atoms with E-state index in [4.69, 9.17) is 9.47 Å². The van der Waals surface area contributed by atoms with E-state index in [1.807, 2.05) is 42.5 Å². The molecule has 0 N–H and O–H groups in total. The minimum Gasteiger partial charge on any atom is -0.431 e. The summed E-state index contributed by atoms with van der Waals surface area (Å²) in [6.07, 6.45) is 0. The van der Waals surface area contributed by atoms with E-state index in [0.717, 1.165) is 15.5 Å². The Bertz CT molecular complexity index is 805. The summed E-state index contributed by atoms with van der Waals surface area (Å²) >= 11 is 3.40. The van der Waals surface area contributed by atoms with E-state index in [2.05, 4.69) is 25.9 Å². The van der Waals surface area contributed by atoms with E-state index in [1.165, 1.54) is 0 Å². The number of fused-ring (bicyclic) bond motifs is 3. The third-order valence-electron chi connectivity index (χ3n) is 2.83. The smallest absolute Gasteiger partial charge is 0.284 e. The van der Waals surface area contributed by atoms with E-state index in [9.17, 15) is 0 Å². The van der Waals surface area contributed by atoms with E-state index < -0.39 is 0 Å². The fourth-order valence-electron chi connectivity index (χ4n) is 1.95. The topological polar surface area (TPSA) is 44.2 Å². The third-order valence-corrected chi connectivity index (χ3v) is 3.32. The molecule has 0 spiro atoms. The molecular formula is C14H7BrN2O2. The van der Waals surface area contributed by atoms with Gasteiger partial charge >= 0.3 is 0 Å². The van der Waals surface area contributed by atoms with Gasteiger partial charge in [-0.05, 0) is 30.3 Å². The van der Waals surface area contributed by atoms with Gasteiger partial charge in [-0.25, -0.2) is 9.97 Å². The maximum Gasteiger partial charge on any atom is 0.284 e. The minimum absolute atomic E-state index is 0.393. The van der Waals surface area contributed by atoms with Crippen LogP contribution in [0.25, 0.3) is 11.0 Å². The molecule has 0 saturated heterocycles. The zero-order valence-corrected chi connectivity index (χ0v) is 11.2. The number of para-hydroxylation sites is 2. The summed E-state index contributed by atoms with van der Waals surface area (Å²) < 4.78 is 12.4. The Kier molecular flexibility index (Phi) is 2.22. The number of nitrogens with zero attached hydrogens (tertiary/aromatic N) is 2. The van der Waals surface area contributed by atoms with Crippen molar-refractivity contribution in [1.29, 1.82) is 0 Å². The first-order chi connectivity index (χ1) is 9.29. The van der Waals surface area contributed by atoms with Gasteiger partial charge in [-0.3, -0.25) is 0 Å². The van der Waals surface area contributed by atoms with Crippen LogP contribution in [0.2, 0.25) is 0 Å². The van der Waals surface area contributed by atoms with Crippen LogP contribution in [-0.4, -0.2) is 9.97 Å². The second kappa shape index (κ2) is 3.93. The molecule has 0 aliphatic carbocycles. The Morgan fingerprint density at radius 1 is 0.789 bits per heavy atom. The van der Waals surface area contributed by atoms with Crippen LogP contribution in [0.15, 0.2) is 46.9 Å². The summed E-state index contributed by atoms with van der Waals surface area (Å²) in [6.45, 7) is 0. The van der Waals surface area contributed by atoms with Crippen molar-refractivity contribution in [3.8, 4) is 23.3 Å². The molecular weight excluding hydrogens is 308 g/mol. The molecule has 1 aromatic heterocycles. The average molecular weight is 315 g/mol. The Morgan fingerprint density at radius 3 is 2.11 bits per heavy atom. The molecule has 5 heteroatoms. The molecule has 0 atom stereocenters. The lowest BCUT2D eigenvalue weighted by molar-refractivity contribution is 0.338. The molecule has 0 saturated carbocycles. The van der Waals surface area contributed by atoms with E-state index in [-0.39, 0.29) is 0 Å². The molecule has 0 unspecified atom stereocenters. The van der Waals surface area contributed by atoms with Crippen LogP contribution in [0.3, 0.4) is 0 Å². The number of benzene rings is 2. The first-order valence-corrected chi connectivity index (χ1v) is 6.51. The third kappa shape index (κ3) is 1.74. The normalized spacial score (nSPS) is 12.3. The first kappa shape index (κ1) is 10.8. The van der Waals surface area contributed by atoms with Crippen LogP contribution < -0.4 is 9.47 Å². The van der Waals surface area contributed by atoms with Crippen molar-refractivity contribution in [2.75, 3.05) is 0 Å². The summed E-state index contributed by atoms with van der Waals surface area (Å²) in [4.78, 5) is 8.83. The molecule has 4 rings (SSSR count). The molecule has 0 bridgehead atoms. The van der Waals surface area contributed by atoms with Crippen molar-refractivity contribution in [3.05, 3.63) is 46.9 Å². The molecule has 4 nitrogen and oxygen atoms in total. The number of ether oxygens (including phenoxy) is 2. The molecule has 0 radical (unpaired) electrons. The maximum atomic E-state index is 5.74. The van der Waals surface area contributed by atoms with Gasteiger partial charge in [0.15, 0.2) is 11.5 Å². The van der Waals surface area contributed by atoms with Gasteiger partial charge in [-0.1, -0.05) is 28.1 Å². The zero-order chi connectivity index (χ0) is 12.8. The highest BCUT2D eigenvalue weighted by molar-refractivity contribution is 9.10. The fourth-order valence-corrected chi connectivity index (χ4v) is 2.30. The SMILES string of the molecule is Brc1ccc2c(c1)Oc1nc3ccccc3nc1O2. The van der Waals surface area contributed by atoms with Gasteiger partial charge in [-0.15, -0.1) is 0 Å². The second-order valence-electron chi connectivity index (χ2n) is 4.12. The van der Waals surface area contributed by atoms with Gasteiger partial charge in [-0.2, -0.15) is 0 Å². The molecule has 19 heavy (non-hydrogen) atoms. The van der Waals surface area contributed by atoms with Crippen LogP contribution in [0.5, 0.6) is 23.3 Å². The number of aromatic nitrogens is 2. The van der Waals surface area contributed by atoms with Crippen molar-refractivity contribution in [1.82, 2.24) is 9.97 Å². The quantitative estimate of drug-likeness (QED) is 0.485. The number of halogens is 1. The van der Waals surface area contributed by atoms with Gasteiger partial charge in [0.25, 0.3) is 11.8 Å². The Balaban J connectivity index is 1.90. The van der Waals surface area contributed by atoms with Gasteiger partial charge in [0, 0.05) is 4.47 Å². The molecule has 2 heterocycles. The highest BCUT2D eigenvalue weighted by atomic mass is 79.9. The molecule has 1 aliphatic rings. The van der Waals surface area contributed by atoms with Crippen LogP contribution in [0, 0.1) is 0 Å². The summed E-state index contributed by atoms with van der Waals surface area (Å²) in [7, 11) is 0. The maximum absolute atomic E-state index is 5.74. The van der Waals surface area contributed by atoms with Gasteiger partial charge in [0.2, 0.25) is 0 Å². The van der Waals surface area contributed by atoms with Crippen LogP contribution in [-0.2, 0) is 0 Å². The summed E-state index contributed by atoms with van der Waals surface area (Å²) in [6, 6.07) is 13.2. The van der Waals surface area contributed by atoms with Crippen LogP contribution in [0.4, 0.5) is 0 Å². The molecule has 0 fully saturated rings. The summed E-state index contributed by atoms with van der Waals surface area (Å²) in [5, 5.41) is 0.